The van der Waals surface area contributed by atoms with E-state index in [1.54, 1.807) is 64.1 Å². The fourth-order valence-electron chi connectivity index (χ4n) is 7.15. The highest BCUT2D eigenvalue weighted by molar-refractivity contribution is 7.52. The fourth-order valence-corrected chi connectivity index (χ4v) is 10.2. The van der Waals surface area contributed by atoms with Gasteiger partial charge in [0.2, 0.25) is 5.91 Å². The molecule has 0 spiro atoms. The van der Waals surface area contributed by atoms with Crippen LogP contribution >= 0.6 is 15.5 Å². The van der Waals surface area contributed by atoms with Crippen molar-refractivity contribution in [1.29, 1.82) is 0 Å². The lowest BCUT2D eigenvalue weighted by Crippen LogP contribution is -2.51. The van der Waals surface area contributed by atoms with Crippen LogP contribution in [0.2, 0.25) is 0 Å². The van der Waals surface area contributed by atoms with Gasteiger partial charge in [-0.2, -0.15) is 15.2 Å². The highest BCUT2D eigenvalue weighted by Crippen LogP contribution is 2.51. The largest absolute Gasteiger partial charge is 0.462 e. The van der Waals surface area contributed by atoms with Gasteiger partial charge in [0, 0.05) is 12.4 Å². The second-order valence-corrected chi connectivity index (χ2v) is 21.4. The van der Waals surface area contributed by atoms with Crippen LogP contribution in [0.5, 0.6) is 11.5 Å². The van der Waals surface area contributed by atoms with Crippen molar-refractivity contribution in [3.8, 4) is 11.5 Å². The fraction of sp³-hybridized carbons (Fsp3) is 0.500. The third-order valence-corrected chi connectivity index (χ3v) is 14.1. The molecule has 3 aliphatic heterocycles. The molecule has 27 heteroatoms. The molecule has 0 saturated carbocycles. The standard InChI is InChI=1S/C24H31F2N2O8P.C22H30FN4O8P/c1-15(2)34-20(30)17(4)27-37(32,36-18-9-7-6-8-10-18)33-14-24(26)21(31)23(5,25)22(35-24)28-12-11-16(3)13-19(28)29;1-13(2)33-19(29)14(3)26-36(31,35-15-8-6-5-7-9-15)32-12-16-18(28)22(4,23)20(34-16)27-11-10-17(24)25-21(27)30/h6-12,15,17,21-22,31H,3,13-14H2,1-2,4-5H3,(H,27,32);5-11,13-14,16,18,20,28H,12H2,1-4H3,(H,26,31)(H2,24,25,30)/t17-,21-,22+,23+,24+,37-;14-,16+,18+,20+,22+,36-/m00/s1. The Balaban J connectivity index is 0.000000271. The number of halogens is 3. The maximum atomic E-state index is 15.8. The SMILES string of the molecule is C=C1C=CN([C@@H]2O[C@](F)(CO[P@@](=O)(N[C@@H](C)C(=O)OC(C)C)Oc3ccccc3)[C@@H](O)[C@@]2(C)F)C(=O)C1.CC(C)OC(=O)[C@H](C)N[P@](=O)(OC[C@H]1O[C@@H](n2ccc(N)nc2=O)[C@](C)(F)[C@@H]1O)Oc1ccccc1. The maximum Gasteiger partial charge on any atom is 0.459 e. The number of amides is 1. The summed E-state index contributed by atoms with van der Waals surface area (Å²) in [5, 5.41) is 26.0. The maximum absolute atomic E-state index is 15.8. The summed E-state index contributed by atoms with van der Waals surface area (Å²) in [5.74, 6) is -5.18. The van der Waals surface area contributed by atoms with Crippen LogP contribution in [0, 0.1) is 0 Å². The number of ether oxygens (including phenoxy) is 4. The Morgan fingerprint density at radius 1 is 0.836 bits per heavy atom. The predicted octanol–water partition coefficient (Wildman–Crippen LogP) is 5.48. The zero-order chi connectivity index (χ0) is 54.3. The van der Waals surface area contributed by atoms with Crippen molar-refractivity contribution < 1.29 is 83.9 Å². The second-order valence-electron chi connectivity index (χ2n) is 18.0. The van der Waals surface area contributed by atoms with E-state index in [9.17, 15) is 38.5 Å². The monoisotopic (exact) mass is 1070 g/mol. The van der Waals surface area contributed by atoms with Gasteiger partial charge in [-0.25, -0.2) is 27.1 Å². The van der Waals surface area contributed by atoms with Gasteiger partial charge in [0.1, 0.15) is 48.2 Å². The Kier molecular flexibility index (Phi) is 19.1. The number of hydrogen-bond donors (Lipinski definition) is 5. The Morgan fingerprint density at radius 3 is 1.82 bits per heavy atom. The van der Waals surface area contributed by atoms with Crippen molar-refractivity contribution in [2.45, 2.75) is 134 Å². The minimum Gasteiger partial charge on any atom is -0.462 e. The average molecular weight is 1070 g/mol. The average Bonchev–Trinajstić information content (AvgIpc) is 3.63. The topological polar surface area (TPSA) is 288 Å². The van der Waals surface area contributed by atoms with Crippen molar-refractivity contribution in [2.75, 3.05) is 18.9 Å². The number of para-hydroxylation sites is 2. The Hall–Kier alpha value is -5.46. The van der Waals surface area contributed by atoms with Crippen molar-refractivity contribution in [1.82, 2.24) is 24.6 Å². The van der Waals surface area contributed by atoms with Crippen LogP contribution in [0.25, 0.3) is 0 Å². The molecule has 4 heterocycles. The van der Waals surface area contributed by atoms with Gasteiger partial charge in [0.15, 0.2) is 29.9 Å². The number of nitrogens with two attached hydrogens (primary N) is 1. The van der Waals surface area contributed by atoms with Gasteiger partial charge in [-0.15, -0.1) is 0 Å². The molecular formula is C46H61F3N6O16P2. The van der Waals surface area contributed by atoms with Gasteiger partial charge in [-0.1, -0.05) is 43.0 Å². The first kappa shape index (κ1) is 58.4. The number of allylic oxidation sites excluding steroid dienone is 1. The summed E-state index contributed by atoms with van der Waals surface area (Å²) in [7, 11) is -8.83. The van der Waals surface area contributed by atoms with Gasteiger partial charge in [-0.3, -0.25) is 32.9 Å². The number of nitrogen functional groups attached to an aromatic ring is 1. The molecule has 1 aromatic heterocycles. The van der Waals surface area contributed by atoms with E-state index < -0.39 is 124 Å². The number of nitrogens with one attached hydrogen (secondary N) is 2. The molecule has 0 aliphatic carbocycles. The van der Waals surface area contributed by atoms with Crippen molar-refractivity contribution in [2.24, 2.45) is 0 Å². The van der Waals surface area contributed by atoms with E-state index in [1.807, 2.05) is 0 Å². The number of carbonyl (C=O) groups excluding carboxylic acids is 3. The molecule has 73 heavy (non-hydrogen) atoms. The number of carbonyl (C=O) groups is 3. The van der Waals surface area contributed by atoms with E-state index in [0.29, 0.717) is 5.57 Å². The molecule has 3 aromatic rings. The van der Waals surface area contributed by atoms with E-state index >= 15 is 13.2 Å². The third kappa shape index (κ3) is 14.9. The minimum absolute atomic E-state index is 0.0565. The van der Waals surface area contributed by atoms with E-state index in [1.165, 1.54) is 62.7 Å². The number of nitrogens with zero attached hydrogens (tertiary/aromatic N) is 3. The second kappa shape index (κ2) is 23.8. The molecule has 1 amide bonds. The number of aliphatic hydroxyl groups is 2. The van der Waals surface area contributed by atoms with E-state index in [4.69, 9.17) is 42.8 Å². The number of alkyl halides is 3. The predicted molar refractivity (Wildman–Crippen MR) is 255 cm³/mol. The molecule has 0 unspecified atom stereocenters. The molecule has 2 fully saturated rings. The molecular weight excluding hydrogens is 1010 g/mol. The van der Waals surface area contributed by atoms with Crippen LogP contribution in [0.3, 0.4) is 0 Å². The van der Waals surface area contributed by atoms with Crippen molar-refractivity contribution in [3.05, 3.63) is 108 Å². The zero-order valence-electron chi connectivity index (χ0n) is 41.2. The molecule has 22 nitrogen and oxygen atoms in total. The number of esters is 2. The summed E-state index contributed by atoms with van der Waals surface area (Å²) in [6.45, 7) is 13.0. The number of aliphatic hydroxyl groups excluding tert-OH is 2. The van der Waals surface area contributed by atoms with Crippen molar-refractivity contribution in [3.63, 3.8) is 0 Å². The van der Waals surface area contributed by atoms with Crippen LogP contribution in [0.4, 0.5) is 19.0 Å². The number of anilines is 1. The summed E-state index contributed by atoms with van der Waals surface area (Å²) in [6, 6.07) is 14.7. The summed E-state index contributed by atoms with van der Waals surface area (Å²) in [5.41, 5.74) is -0.153. The Bertz CT molecular complexity index is 2610. The summed E-state index contributed by atoms with van der Waals surface area (Å²) in [6.07, 6.45) is -6.21. The number of benzene rings is 2. The van der Waals surface area contributed by atoms with Crippen LogP contribution in [0.15, 0.2) is 102 Å². The number of aromatic nitrogens is 2. The van der Waals surface area contributed by atoms with E-state index in [0.717, 1.165) is 23.3 Å². The molecule has 0 radical (unpaired) electrons. The number of rotatable bonds is 20. The first-order chi connectivity index (χ1) is 34.0. The normalized spacial score (nSPS) is 28.4. The highest BCUT2D eigenvalue weighted by atomic mass is 31.2. The third-order valence-electron chi connectivity index (χ3n) is 10.8. The molecule has 12 atom stereocenters. The first-order valence-electron chi connectivity index (χ1n) is 22.7. The number of hydrogen-bond acceptors (Lipinski definition) is 18. The van der Waals surface area contributed by atoms with Crippen LogP contribution in [-0.2, 0) is 51.5 Å². The minimum atomic E-state index is -4.54. The Morgan fingerprint density at radius 2 is 1.34 bits per heavy atom. The van der Waals surface area contributed by atoms with E-state index in [2.05, 4.69) is 21.7 Å². The molecule has 6 rings (SSSR count). The van der Waals surface area contributed by atoms with Crippen LogP contribution in [-0.4, -0.2) is 122 Å². The Labute approximate surface area is 419 Å². The summed E-state index contributed by atoms with van der Waals surface area (Å²) >= 11 is 0. The molecule has 3 aliphatic rings. The van der Waals surface area contributed by atoms with Gasteiger partial charge in [0.25, 0.3) is 5.85 Å². The molecule has 2 aromatic carbocycles. The van der Waals surface area contributed by atoms with Gasteiger partial charge in [0.05, 0.1) is 25.2 Å². The molecule has 0 bridgehead atoms. The van der Waals surface area contributed by atoms with Crippen LogP contribution in [0.1, 0.15) is 68.0 Å². The molecule has 402 valence electrons. The van der Waals surface area contributed by atoms with Gasteiger partial charge < -0.3 is 43.9 Å². The molecule has 6 N–H and O–H groups in total. The first-order valence-corrected chi connectivity index (χ1v) is 25.8. The van der Waals surface area contributed by atoms with Gasteiger partial charge >= 0.3 is 33.1 Å². The lowest BCUT2D eigenvalue weighted by atomic mass is 9.96. The van der Waals surface area contributed by atoms with Crippen LogP contribution < -0.4 is 30.6 Å². The summed E-state index contributed by atoms with van der Waals surface area (Å²) in [4.78, 5) is 53.5. The smallest absolute Gasteiger partial charge is 0.459 e. The highest BCUT2D eigenvalue weighted by Gasteiger charge is 2.66. The summed E-state index contributed by atoms with van der Waals surface area (Å²) < 4.78 is 117. The zero-order valence-corrected chi connectivity index (χ0v) is 43.0. The van der Waals surface area contributed by atoms with E-state index in [-0.39, 0.29) is 23.7 Å². The quantitative estimate of drug-likeness (QED) is 0.0692. The van der Waals surface area contributed by atoms with Gasteiger partial charge in [-0.05, 0) is 97.4 Å². The van der Waals surface area contributed by atoms with Crippen molar-refractivity contribution >= 4 is 39.2 Å². The lowest BCUT2D eigenvalue weighted by molar-refractivity contribution is -0.209. The lowest BCUT2D eigenvalue weighted by Gasteiger charge is -2.33. The molecule has 2 saturated heterocycles.